The number of benzene rings is 2. The molecule has 2 aromatic rings. The quantitative estimate of drug-likeness (QED) is 0.595. The molecule has 1 amide bonds. The first-order chi connectivity index (χ1) is 15.2. The highest BCUT2D eigenvalue weighted by atomic mass is 32.2. The highest BCUT2D eigenvalue weighted by Crippen LogP contribution is 2.23. The molecule has 8 heteroatoms. The van der Waals surface area contributed by atoms with Crippen molar-refractivity contribution in [2.24, 2.45) is 0 Å². The zero-order valence-electron chi connectivity index (χ0n) is 19.4. The summed E-state index contributed by atoms with van der Waals surface area (Å²) in [5.41, 5.74) is 3.38. The predicted molar refractivity (Wildman–Crippen MR) is 129 cm³/mol. The van der Waals surface area contributed by atoms with Crippen molar-refractivity contribution in [3.63, 3.8) is 0 Å². The fourth-order valence-electron chi connectivity index (χ4n) is 3.84. The highest BCUT2D eigenvalue weighted by molar-refractivity contribution is 7.92. The first kappa shape index (κ1) is 24.2. The third-order valence-electron chi connectivity index (χ3n) is 5.90. The van der Waals surface area contributed by atoms with Gasteiger partial charge in [0.2, 0.25) is 0 Å². The molecule has 0 unspecified atom stereocenters. The Morgan fingerprint density at radius 1 is 0.969 bits per heavy atom. The van der Waals surface area contributed by atoms with Crippen LogP contribution in [0, 0.1) is 20.8 Å². The third kappa shape index (κ3) is 6.31. The number of sulfonamides is 1. The van der Waals surface area contributed by atoms with Crippen molar-refractivity contribution in [2.75, 3.05) is 51.0 Å². The maximum absolute atomic E-state index is 13.0. The van der Waals surface area contributed by atoms with E-state index in [9.17, 15) is 13.2 Å². The van der Waals surface area contributed by atoms with Gasteiger partial charge in [0.25, 0.3) is 15.9 Å². The van der Waals surface area contributed by atoms with Gasteiger partial charge in [0.15, 0.2) is 0 Å². The monoisotopic (exact) mass is 458 g/mol. The summed E-state index contributed by atoms with van der Waals surface area (Å²) in [5.74, 6) is -0.258. The second-order valence-corrected chi connectivity index (χ2v) is 10.3. The molecule has 2 N–H and O–H groups in total. The molecule has 0 atom stereocenters. The molecule has 3 rings (SSSR count). The van der Waals surface area contributed by atoms with Crippen LogP contribution >= 0.6 is 0 Å². The Bertz CT molecular complexity index is 1060. The number of piperazine rings is 1. The topological polar surface area (TPSA) is 81.7 Å². The Morgan fingerprint density at radius 3 is 2.38 bits per heavy atom. The smallest absolute Gasteiger partial charge is 0.262 e. The number of hydrogen-bond donors (Lipinski definition) is 2. The standard InChI is InChI=1S/C24H34N4O3S/c1-18-6-9-22(20(3)16-18)26-32(30,31)23-17-21(8-7-19(23)2)24(29)25-10-5-11-28-14-12-27(4)13-15-28/h6-9,16-17,26H,5,10-15H2,1-4H3,(H,25,29). The van der Waals surface area contributed by atoms with Gasteiger partial charge in [-0.15, -0.1) is 0 Å². The highest BCUT2D eigenvalue weighted by Gasteiger charge is 2.20. The average Bonchev–Trinajstić information content (AvgIpc) is 2.74. The Morgan fingerprint density at radius 2 is 1.69 bits per heavy atom. The Kier molecular flexibility index (Phi) is 7.92. The lowest BCUT2D eigenvalue weighted by Crippen LogP contribution is -2.45. The number of likely N-dealkylation sites (N-methyl/N-ethyl adjacent to an activating group) is 1. The molecule has 7 nitrogen and oxygen atoms in total. The van der Waals surface area contributed by atoms with Crippen LogP contribution in [0.15, 0.2) is 41.3 Å². The second-order valence-electron chi connectivity index (χ2n) is 8.66. The maximum Gasteiger partial charge on any atom is 0.262 e. The van der Waals surface area contributed by atoms with E-state index in [0.29, 0.717) is 23.4 Å². The minimum absolute atomic E-state index is 0.113. The van der Waals surface area contributed by atoms with Gasteiger partial charge in [-0.2, -0.15) is 0 Å². The van der Waals surface area contributed by atoms with E-state index in [-0.39, 0.29) is 10.8 Å². The molecule has 0 saturated carbocycles. The summed E-state index contributed by atoms with van der Waals surface area (Å²) in [6, 6.07) is 10.4. The lowest BCUT2D eigenvalue weighted by Gasteiger charge is -2.32. The Balaban J connectivity index is 1.62. The van der Waals surface area contributed by atoms with Crippen molar-refractivity contribution in [3.05, 3.63) is 58.7 Å². The number of hydrogen-bond acceptors (Lipinski definition) is 5. The summed E-state index contributed by atoms with van der Waals surface area (Å²) in [7, 11) is -1.69. The summed E-state index contributed by atoms with van der Waals surface area (Å²) < 4.78 is 28.7. The molecule has 0 bridgehead atoms. The largest absolute Gasteiger partial charge is 0.352 e. The zero-order valence-corrected chi connectivity index (χ0v) is 20.3. The average molecular weight is 459 g/mol. The zero-order chi connectivity index (χ0) is 23.3. The van der Waals surface area contributed by atoms with E-state index < -0.39 is 10.0 Å². The Labute approximate surface area is 191 Å². The van der Waals surface area contributed by atoms with Gasteiger partial charge in [-0.3, -0.25) is 9.52 Å². The van der Waals surface area contributed by atoms with Gasteiger partial charge in [-0.1, -0.05) is 23.8 Å². The lowest BCUT2D eigenvalue weighted by atomic mass is 10.1. The van der Waals surface area contributed by atoms with E-state index in [0.717, 1.165) is 50.3 Å². The first-order valence-corrected chi connectivity index (χ1v) is 12.5. The second kappa shape index (κ2) is 10.5. The minimum Gasteiger partial charge on any atom is -0.352 e. The van der Waals surface area contributed by atoms with Crippen LogP contribution in [0.25, 0.3) is 0 Å². The maximum atomic E-state index is 13.0. The molecule has 1 saturated heterocycles. The molecule has 0 aromatic heterocycles. The van der Waals surface area contributed by atoms with Crippen LogP contribution in [0.2, 0.25) is 0 Å². The van der Waals surface area contributed by atoms with Crippen LogP contribution in [0.1, 0.15) is 33.5 Å². The number of carbonyl (C=O) groups excluding carboxylic acids is 1. The molecular formula is C24H34N4O3S. The van der Waals surface area contributed by atoms with E-state index in [2.05, 4.69) is 26.9 Å². The van der Waals surface area contributed by atoms with Crippen LogP contribution < -0.4 is 10.0 Å². The molecule has 0 spiro atoms. The predicted octanol–water partition coefficient (Wildman–Crippen LogP) is 2.78. The molecule has 1 fully saturated rings. The third-order valence-corrected chi connectivity index (χ3v) is 7.41. The lowest BCUT2D eigenvalue weighted by molar-refractivity contribution is 0.0949. The molecule has 174 valence electrons. The molecule has 32 heavy (non-hydrogen) atoms. The summed E-state index contributed by atoms with van der Waals surface area (Å²) in [4.78, 5) is 17.5. The fourth-order valence-corrected chi connectivity index (χ4v) is 5.24. The van der Waals surface area contributed by atoms with Gasteiger partial charge >= 0.3 is 0 Å². The first-order valence-electron chi connectivity index (χ1n) is 11.1. The van der Waals surface area contributed by atoms with E-state index in [1.165, 1.54) is 6.07 Å². The number of anilines is 1. The van der Waals surface area contributed by atoms with Crippen LogP contribution in [-0.2, 0) is 10.0 Å². The van der Waals surface area contributed by atoms with E-state index in [1.807, 2.05) is 26.0 Å². The van der Waals surface area contributed by atoms with Crippen molar-refractivity contribution in [3.8, 4) is 0 Å². The number of amides is 1. The molecular weight excluding hydrogens is 424 g/mol. The van der Waals surface area contributed by atoms with Crippen molar-refractivity contribution in [1.29, 1.82) is 0 Å². The summed E-state index contributed by atoms with van der Waals surface area (Å²) >= 11 is 0. The number of aryl methyl sites for hydroxylation is 3. The number of carbonyl (C=O) groups is 1. The normalized spacial score (nSPS) is 15.5. The van der Waals surface area contributed by atoms with Crippen molar-refractivity contribution >= 4 is 21.6 Å². The number of nitrogens with zero attached hydrogens (tertiary/aromatic N) is 2. The van der Waals surface area contributed by atoms with Crippen LogP contribution in [0.5, 0.6) is 0 Å². The molecule has 1 aliphatic rings. The summed E-state index contributed by atoms with van der Waals surface area (Å²) in [6.45, 7) is 11.3. The number of nitrogens with one attached hydrogen (secondary N) is 2. The minimum atomic E-state index is -3.82. The molecule has 1 aliphatic heterocycles. The van der Waals surface area contributed by atoms with Crippen molar-refractivity contribution in [2.45, 2.75) is 32.1 Å². The van der Waals surface area contributed by atoms with Crippen molar-refractivity contribution in [1.82, 2.24) is 15.1 Å². The Hall–Kier alpha value is -2.42. The van der Waals surface area contributed by atoms with Gasteiger partial charge in [0.1, 0.15) is 0 Å². The SMILES string of the molecule is Cc1ccc(NS(=O)(=O)c2cc(C(=O)NCCCN3CCN(C)CC3)ccc2C)c(C)c1. The van der Waals surface area contributed by atoms with E-state index in [4.69, 9.17) is 0 Å². The molecule has 1 heterocycles. The van der Waals surface area contributed by atoms with Gasteiger partial charge in [0, 0.05) is 38.3 Å². The van der Waals surface area contributed by atoms with Crippen molar-refractivity contribution < 1.29 is 13.2 Å². The molecule has 0 radical (unpaired) electrons. The van der Waals surface area contributed by atoms with E-state index in [1.54, 1.807) is 25.1 Å². The number of rotatable bonds is 8. The summed E-state index contributed by atoms with van der Waals surface area (Å²) in [6.07, 6.45) is 0.862. The van der Waals surface area contributed by atoms with Crippen LogP contribution in [0.3, 0.4) is 0 Å². The van der Waals surface area contributed by atoms with Gasteiger partial charge in [-0.25, -0.2) is 8.42 Å². The van der Waals surface area contributed by atoms with Gasteiger partial charge in [-0.05, 0) is 70.1 Å². The fraction of sp³-hybridized carbons (Fsp3) is 0.458. The summed E-state index contributed by atoms with van der Waals surface area (Å²) in [5, 5.41) is 2.92. The van der Waals surface area contributed by atoms with E-state index >= 15 is 0 Å². The van der Waals surface area contributed by atoms with Crippen LogP contribution in [-0.4, -0.2) is 70.4 Å². The molecule has 2 aromatic carbocycles. The van der Waals surface area contributed by atoms with Crippen LogP contribution in [0.4, 0.5) is 5.69 Å². The van der Waals surface area contributed by atoms with Gasteiger partial charge in [0.05, 0.1) is 10.6 Å². The van der Waals surface area contributed by atoms with Gasteiger partial charge < -0.3 is 15.1 Å². The molecule has 0 aliphatic carbocycles.